The van der Waals surface area contributed by atoms with Gasteiger partial charge in [-0.15, -0.1) is 0 Å². The summed E-state index contributed by atoms with van der Waals surface area (Å²) in [6.07, 6.45) is 13.7. The second-order valence-electron chi connectivity index (χ2n) is 14.5. The van der Waals surface area contributed by atoms with E-state index in [0.29, 0.717) is 5.41 Å². The Hall–Kier alpha value is -4.10. The monoisotopic (exact) mass is 587 g/mol. The highest BCUT2D eigenvalue weighted by molar-refractivity contribution is 5.89. The zero-order valence-electron chi connectivity index (χ0n) is 26.7. The highest BCUT2D eigenvalue weighted by Gasteiger charge is 2.58. The van der Waals surface area contributed by atoms with Crippen molar-refractivity contribution in [3.8, 4) is 0 Å². The predicted molar refractivity (Wildman–Crippen MR) is 192 cm³/mol. The van der Waals surface area contributed by atoms with Gasteiger partial charge in [-0.1, -0.05) is 105 Å². The number of nitrogens with zero attached hydrogens (tertiary/aromatic N) is 1. The van der Waals surface area contributed by atoms with Crippen molar-refractivity contribution < 1.29 is 0 Å². The predicted octanol–water partition coefficient (Wildman–Crippen LogP) is 12.1. The summed E-state index contributed by atoms with van der Waals surface area (Å²) in [6.45, 7) is 6.25. The first-order valence-electron chi connectivity index (χ1n) is 17.3. The molecule has 1 heteroatoms. The van der Waals surface area contributed by atoms with Gasteiger partial charge in [0.1, 0.15) is 0 Å². The lowest BCUT2D eigenvalue weighted by Crippen LogP contribution is -2.55. The molecule has 0 aromatic heterocycles. The zero-order chi connectivity index (χ0) is 30.4. The van der Waals surface area contributed by atoms with Gasteiger partial charge in [0.25, 0.3) is 0 Å². The highest BCUT2D eigenvalue weighted by Crippen LogP contribution is 2.66. The molecule has 1 nitrogen and oxygen atoms in total. The molecular formula is C44H45N. The van der Waals surface area contributed by atoms with Gasteiger partial charge in [0.15, 0.2) is 0 Å². The number of benzene rings is 5. The summed E-state index contributed by atoms with van der Waals surface area (Å²) in [4.78, 5) is 2.45. The van der Waals surface area contributed by atoms with Crippen LogP contribution in [0.2, 0.25) is 0 Å². The van der Waals surface area contributed by atoms with Crippen LogP contribution in [0.4, 0.5) is 17.1 Å². The van der Waals surface area contributed by atoms with Crippen molar-refractivity contribution in [3.05, 3.63) is 144 Å². The average molecular weight is 588 g/mol. The molecule has 0 saturated heterocycles. The van der Waals surface area contributed by atoms with Gasteiger partial charge in [-0.2, -0.15) is 0 Å². The van der Waals surface area contributed by atoms with Crippen LogP contribution in [0.3, 0.4) is 0 Å². The maximum Gasteiger partial charge on any atom is 0.0468 e. The minimum atomic E-state index is 0.286. The molecule has 5 aromatic carbocycles. The van der Waals surface area contributed by atoms with Gasteiger partial charge >= 0.3 is 0 Å². The van der Waals surface area contributed by atoms with Gasteiger partial charge in [0, 0.05) is 17.1 Å². The second kappa shape index (κ2) is 11.4. The fourth-order valence-corrected chi connectivity index (χ4v) is 9.83. The largest absolute Gasteiger partial charge is 0.310 e. The molecule has 5 aromatic rings. The molecular weight excluding hydrogens is 542 g/mol. The first-order valence-corrected chi connectivity index (χ1v) is 17.3. The molecule has 45 heavy (non-hydrogen) atoms. The van der Waals surface area contributed by atoms with E-state index in [0.717, 1.165) is 18.3 Å². The van der Waals surface area contributed by atoms with Crippen LogP contribution in [-0.4, -0.2) is 0 Å². The van der Waals surface area contributed by atoms with Crippen LogP contribution in [0.5, 0.6) is 0 Å². The van der Waals surface area contributed by atoms with Gasteiger partial charge in [-0.3, -0.25) is 0 Å². The van der Waals surface area contributed by atoms with E-state index < -0.39 is 0 Å². The number of anilines is 3. The molecule has 0 radical (unpaired) electrons. The van der Waals surface area contributed by atoms with Crippen molar-refractivity contribution in [2.75, 3.05) is 4.90 Å². The third-order valence-electron chi connectivity index (χ3n) is 11.6. The maximum absolute atomic E-state index is 3.99. The Kier molecular flexibility index (Phi) is 7.16. The molecule has 4 saturated carbocycles. The lowest BCUT2D eigenvalue weighted by Gasteiger charge is -2.63. The number of unbranched alkanes of at least 4 members (excludes halogenated alkanes) is 1. The van der Waals surface area contributed by atoms with Gasteiger partial charge in [0.2, 0.25) is 0 Å². The van der Waals surface area contributed by atoms with Gasteiger partial charge in [0.05, 0.1) is 0 Å². The lowest BCUT2D eigenvalue weighted by molar-refractivity contribution is -0.0281. The normalized spacial score (nSPS) is 25.0. The Bertz CT molecular complexity index is 1800. The standard InChI is InChI=1S/C44H45N/c1-3-5-8-33-13-20-40(21-14-33)45(42-22-15-36-9-6-7-10-37(36)26-42)41-23-18-39(19-24-41)44-29-34-25-35(30-44)28-43(27-34,31-44)38-16-11-32(4-2)12-17-38/h4,6-7,9-24,26,34-35H,2-3,5,8,25,27-31H2,1H3. The van der Waals surface area contributed by atoms with Crippen molar-refractivity contribution >= 4 is 33.9 Å². The van der Waals surface area contributed by atoms with Crippen LogP contribution in [-0.2, 0) is 17.3 Å². The number of rotatable bonds is 9. The first kappa shape index (κ1) is 28.4. The molecule has 0 N–H and O–H groups in total. The van der Waals surface area contributed by atoms with Crippen molar-refractivity contribution in [2.45, 2.75) is 75.5 Å². The Balaban J connectivity index is 1.15. The van der Waals surface area contributed by atoms with Gasteiger partial charge in [-0.25, -0.2) is 0 Å². The third kappa shape index (κ3) is 5.11. The Morgan fingerprint density at radius 2 is 1.22 bits per heavy atom. The second-order valence-corrected chi connectivity index (χ2v) is 14.5. The summed E-state index contributed by atoms with van der Waals surface area (Å²) >= 11 is 0. The number of fused-ring (bicyclic) bond motifs is 1. The van der Waals surface area contributed by atoms with Gasteiger partial charge < -0.3 is 4.90 Å². The van der Waals surface area contributed by atoms with E-state index in [1.165, 1.54) is 90.3 Å². The zero-order valence-corrected chi connectivity index (χ0v) is 26.7. The van der Waals surface area contributed by atoms with Crippen LogP contribution < -0.4 is 4.90 Å². The minimum absolute atomic E-state index is 0.286. The topological polar surface area (TPSA) is 3.24 Å². The molecule has 226 valence electrons. The van der Waals surface area contributed by atoms with Crippen molar-refractivity contribution in [1.29, 1.82) is 0 Å². The Morgan fingerprint density at radius 1 is 0.667 bits per heavy atom. The number of hydrogen-bond donors (Lipinski definition) is 0. The first-order chi connectivity index (χ1) is 22.1. The molecule has 9 rings (SSSR count). The highest BCUT2D eigenvalue weighted by atomic mass is 15.1. The van der Waals surface area contributed by atoms with Crippen molar-refractivity contribution in [1.82, 2.24) is 0 Å². The van der Waals surface area contributed by atoms with Gasteiger partial charge in [-0.05, 0) is 143 Å². The fraction of sp³-hybridized carbons (Fsp3) is 0.318. The molecule has 4 aliphatic rings. The van der Waals surface area contributed by atoms with Crippen LogP contribution in [0.15, 0.2) is 122 Å². The molecule has 4 bridgehead atoms. The van der Waals surface area contributed by atoms with E-state index in [1.807, 2.05) is 6.08 Å². The summed E-state index contributed by atoms with van der Waals surface area (Å²) in [5, 5.41) is 2.55. The summed E-state index contributed by atoms with van der Waals surface area (Å²) in [7, 11) is 0. The Morgan fingerprint density at radius 3 is 1.82 bits per heavy atom. The summed E-state index contributed by atoms with van der Waals surface area (Å²) in [5.41, 5.74) is 10.0. The van der Waals surface area contributed by atoms with Crippen LogP contribution in [0.25, 0.3) is 16.8 Å². The Labute approximate surface area is 269 Å². The smallest absolute Gasteiger partial charge is 0.0468 e. The molecule has 4 fully saturated rings. The van der Waals surface area contributed by atoms with Crippen LogP contribution >= 0.6 is 0 Å². The van der Waals surface area contributed by atoms with E-state index in [-0.39, 0.29) is 5.41 Å². The van der Waals surface area contributed by atoms with E-state index >= 15 is 0 Å². The third-order valence-corrected chi connectivity index (χ3v) is 11.6. The van der Waals surface area contributed by atoms with E-state index in [9.17, 15) is 0 Å². The minimum Gasteiger partial charge on any atom is -0.310 e. The van der Waals surface area contributed by atoms with Crippen LogP contribution in [0.1, 0.15) is 80.5 Å². The molecule has 2 unspecified atom stereocenters. The fourth-order valence-electron chi connectivity index (χ4n) is 9.83. The summed E-state index contributed by atoms with van der Waals surface area (Å²) in [5.74, 6) is 1.68. The van der Waals surface area contributed by atoms with E-state index in [2.05, 4.69) is 134 Å². The van der Waals surface area contributed by atoms with E-state index in [1.54, 1.807) is 11.1 Å². The molecule has 0 spiro atoms. The quantitative estimate of drug-likeness (QED) is 0.166. The number of aryl methyl sites for hydroxylation is 1. The molecule has 0 aliphatic heterocycles. The average Bonchev–Trinajstić information content (AvgIpc) is 3.08. The van der Waals surface area contributed by atoms with Crippen LogP contribution in [0, 0.1) is 11.8 Å². The molecule has 2 atom stereocenters. The van der Waals surface area contributed by atoms with E-state index in [4.69, 9.17) is 0 Å². The summed E-state index contributed by atoms with van der Waals surface area (Å²) < 4.78 is 0. The maximum atomic E-state index is 3.99. The van der Waals surface area contributed by atoms with Crippen molar-refractivity contribution in [2.24, 2.45) is 11.8 Å². The number of hydrogen-bond acceptors (Lipinski definition) is 1. The molecule has 0 amide bonds. The SMILES string of the molecule is C=Cc1ccc(C23CC4CC(C2)CC(c2ccc(N(c5ccc(CCCC)cc5)c5ccc6ccccc6c5)cc2)(C4)C3)cc1. The summed E-state index contributed by atoms with van der Waals surface area (Å²) in [6, 6.07) is 44.0. The molecule has 0 heterocycles. The van der Waals surface area contributed by atoms with Crippen molar-refractivity contribution in [3.63, 3.8) is 0 Å². The lowest BCUT2D eigenvalue weighted by atomic mass is 9.42. The molecule has 4 aliphatic carbocycles.